The quantitative estimate of drug-likeness (QED) is 0.625. The van der Waals surface area contributed by atoms with Crippen molar-refractivity contribution in [2.75, 3.05) is 59.2 Å². The number of carbonyl (C=O) groups is 1. The average Bonchev–Trinajstić information content (AvgIpc) is 3.27. The van der Waals surface area contributed by atoms with E-state index in [2.05, 4.69) is 4.90 Å². The number of rotatable bonds is 7. The standard InChI is InChI=1S/C27H34N2O5/c30-26(22-5-4-8-24(19-22)32-18-15-28-13-16-31-17-14-28)29-11-9-27(10-12-29)20-25(21-33-27)34-23-6-2-1-3-7-23/h1-8,19,25H,9-18,20-21H2. The lowest BCUT2D eigenvalue weighted by molar-refractivity contribution is -0.0395. The van der Waals surface area contributed by atoms with Gasteiger partial charge in [0.25, 0.3) is 5.91 Å². The van der Waals surface area contributed by atoms with Crippen LogP contribution < -0.4 is 9.47 Å². The van der Waals surface area contributed by atoms with E-state index in [1.165, 1.54) is 0 Å². The maximum Gasteiger partial charge on any atom is 0.253 e. The van der Waals surface area contributed by atoms with Crippen LogP contribution in [-0.2, 0) is 9.47 Å². The number of hydrogen-bond donors (Lipinski definition) is 0. The summed E-state index contributed by atoms with van der Waals surface area (Å²) in [5.74, 6) is 1.68. The van der Waals surface area contributed by atoms with E-state index in [-0.39, 0.29) is 17.6 Å². The highest BCUT2D eigenvalue weighted by molar-refractivity contribution is 5.94. The molecule has 0 aliphatic carbocycles. The molecule has 0 radical (unpaired) electrons. The number of nitrogens with zero attached hydrogens (tertiary/aromatic N) is 2. The van der Waals surface area contributed by atoms with Crippen LogP contribution in [0, 0.1) is 0 Å². The van der Waals surface area contributed by atoms with Crippen LogP contribution >= 0.6 is 0 Å². The maximum atomic E-state index is 13.2. The molecule has 182 valence electrons. The monoisotopic (exact) mass is 466 g/mol. The summed E-state index contributed by atoms with van der Waals surface area (Å²) in [4.78, 5) is 17.4. The van der Waals surface area contributed by atoms with Crippen molar-refractivity contribution in [2.24, 2.45) is 0 Å². The summed E-state index contributed by atoms with van der Waals surface area (Å²) in [6.45, 7) is 6.92. The highest BCUT2D eigenvalue weighted by Gasteiger charge is 2.44. The maximum absolute atomic E-state index is 13.2. The zero-order valence-electron chi connectivity index (χ0n) is 19.7. The van der Waals surface area contributed by atoms with Crippen molar-refractivity contribution >= 4 is 5.91 Å². The Bertz CT molecular complexity index is 939. The summed E-state index contributed by atoms with van der Waals surface area (Å²) in [7, 11) is 0. The molecule has 7 heteroatoms. The Morgan fingerprint density at radius 1 is 0.971 bits per heavy atom. The normalized spacial score (nSPS) is 22.6. The number of ether oxygens (including phenoxy) is 4. The minimum absolute atomic E-state index is 0.0589. The minimum atomic E-state index is -0.180. The van der Waals surface area contributed by atoms with Crippen LogP contribution in [-0.4, -0.2) is 86.6 Å². The first-order valence-electron chi connectivity index (χ1n) is 12.4. The van der Waals surface area contributed by atoms with E-state index in [4.69, 9.17) is 18.9 Å². The van der Waals surface area contributed by atoms with Crippen LogP contribution in [0.1, 0.15) is 29.6 Å². The van der Waals surface area contributed by atoms with Gasteiger partial charge in [0.05, 0.1) is 25.4 Å². The van der Waals surface area contributed by atoms with E-state index in [0.717, 1.165) is 63.6 Å². The van der Waals surface area contributed by atoms with Gasteiger partial charge in [-0.1, -0.05) is 24.3 Å². The minimum Gasteiger partial charge on any atom is -0.492 e. The predicted octanol–water partition coefficient (Wildman–Crippen LogP) is 3.24. The van der Waals surface area contributed by atoms with Crippen molar-refractivity contribution in [3.63, 3.8) is 0 Å². The fourth-order valence-corrected chi connectivity index (χ4v) is 5.05. The van der Waals surface area contributed by atoms with Crippen LogP contribution in [0.5, 0.6) is 11.5 Å². The largest absolute Gasteiger partial charge is 0.492 e. The van der Waals surface area contributed by atoms with Gasteiger partial charge in [0, 0.05) is 44.7 Å². The van der Waals surface area contributed by atoms with Crippen LogP contribution in [0.2, 0.25) is 0 Å². The zero-order valence-corrected chi connectivity index (χ0v) is 19.7. The van der Waals surface area contributed by atoms with Gasteiger partial charge in [0.2, 0.25) is 0 Å². The van der Waals surface area contributed by atoms with Crippen LogP contribution in [0.15, 0.2) is 54.6 Å². The van der Waals surface area contributed by atoms with Gasteiger partial charge < -0.3 is 23.8 Å². The van der Waals surface area contributed by atoms with Crippen LogP contribution in [0.25, 0.3) is 0 Å². The topological polar surface area (TPSA) is 60.5 Å². The SMILES string of the molecule is O=C(c1cccc(OCCN2CCOCC2)c1)N1CCC2(CC1)CC(Oc1ccccc1)CO2. The molecule has 2 aromatic carbocycles. The number of hydrogen-bond acceptors (Lipinski definition) is 6. The van der Waals surface area contributed by atoms with Crippen molar-refractivity contribution in [1.29, 1.82) is 0 Å². The molecule has 1 unspecified atom stereocenters. The number of morpholine rings is 1. The van der Waals surface area contributed by atoms with Gasteiger partial charge in [0.1, 0.15) is 24.2 Å². The molecular formula is C27H34N2O5. The Balaban J connectivity index is 1.10. The fourth-order valence-electron chi connectivity index (χ4n) is 5.05. The first kappa shape index (κ1) is 23.1. The average molecular weight is 467 g/mol. The first-order valence-corrected chi connectivity index (χ1v) is 12.4. The van der Waals surface area contributed by atoms with Crippen molar-refractivity contribution in [3.8, 4) is 11.5 Å². The van der Waals surface area contributed by atoms with Crippen molar-refractivity contribution < 1.29 is 23.7 Å². The predicted molar refractivity (Wildman–Crippen MR) is 128 cm³/mol. The van der Waals surface area contributed by atoms with Gasteiger partial charge in [-0.05, 0) is 43.2 Å². The number of likely N-dealkylation sites (tertiary alicyclic amines) is 1. The highest BCUT2D eigenvalue weighted by Crippen LogP contribution is 2.37. The van der Waals surface area contributed by atoms with E-state index >= 15 is 0 Å². The molecule has 3 saturated heterocycles. The summed E-state index contributed by atoms with van der Waals surface area (Å²) in [6, 6.07) is 17.5. The first-order chi connectivity index (χ1) is 16.7. The lowest BCUT2D eigenvalue weighted by Crippen LogP contribution is -2.46. The summed E-state index contributed by atoms with van der Waals surface area (Å²) < 4.78 is 23.6. The molecule has 1 atom stereocenters. The molecule has 0 bridgehead atoms. The van der Waals surface area contributed by atoms with Crippen LogP contribution in [0.4, 0.5) is 0 Å². The van der Waals surface area contributed by atoms with Gasteiger partial charge in [-0.2, -0.15) is 0 Å². The fraction of sp³-hybridized carbons (Fsp3) is 0.519. The number of piperidine rings is 1. The van der Waals surface area contributed by atoms with Gasteiger partial charge in [-0.3, -0.25) is 9.69 Å². The third-order valence-electron chi connectivity index (χ3n) is 7.04. The zero-order chi connectivity index (χ0) is 23.2. The second-order valence-electron chi connectivity index (χ2n) is 9.37. The molecule has 5 rings (SSSR count). The second kappa shape index (κ2) is 10.8. The third kappa shape index (κ3) is 5.71. The molecule has 0 aromatic heterocycles. The molecule has 3 aliphatic heterocycles. The molecule has 7 nitrogen and oxygen atoms in total. The van der Waals surface area contributed by atoms with Crippen molar-refractivity contribution in [3.05, 3.63) is 60.2 Å². The third-order valence-corrected chi connectivity index (χ3v) is 7.04. The Hall–Kier alpha value is -2.61. The molecule has 3 fully saturated rings. The Morgan fingerprint density at radius 3 is 2.53 bits per heavy atom. The van der Waals surface area contributed by atoms with Crippen LogP contribution in [0.3, 0.4) is 0 Å². The summed E-state index contributed by atoms with van der Waals surface area (Å²) >= 11 is 0. The van der Waals surface area contributed by atoms with E-state index in [9.17, 15) is 4.79 Å². The molecule has 2 aromatic rings. The van der Waals surface area contributed by atoms with Crippen molar-refractivity contribution in [1.82, 2.24) is 9.80 Å². The summed E-state index contributed by atoms with van der Waals surface area (Å²) in [5.41, 5.74) is 0.498. The lowest BCUT2D eigenvalue weighted by Gasteiger charge is -2.38. The van der Waals surface area contributed by atoms with Gasteiger partial charge >= 0.3 is 0 Å². The molecule has 1 amide bonds. The highest BCUT2D eigenvalue weighted by atomic mass is 16.6. The molecule has 3 aliphatic rings. The van der Waals surface area contributed by atoms with E-state index in [0.29, 0.717) is 31.9 Å². The number of carbonyl (C=O) groups excluding carboxylic acids is 1. The van der Waals surface area contributed by atoms with E-state index < -0.39 is 0 Å². The summed E-state index contributed by atoms with van der Waals surface area (Å²) in [6.07, 6.45) is 2.61. The van der Waals surface area contributed by atoms with E-state index in [1.54, 1.807) is 0 Å². The van der Waals surface area contributed by atoms with Gasteiger partial charge in [0.15, 0.2) is 0 Å². The number of para-hydroxylation sites is 1. The molecule has 0 N–H and O–H groups in total. The Morgan fingerprint density at radius 2 is 1.74 bits per heavy atom. The molecular weight excluding hydrogens is 432 g/mol. The van der Waals surface area contributed by atoms with Gasteiger partial charge in [-0.15, -0.1) is 0 Å². The number of benzene rings is 2. The summed E-state index contributed by atoms with van der Waals surface area (Å²) in [5, 5.41) is 0. The molecule has 0 saturated carbocycles. The van der Waals surface area contributed by atoms with Crippen molar-refractivity contribution in [2.45, 2.75) is 31.0 Å². The molecule has 1 spiro atoms. The Kier molecular flexibility index (Phi) is 7.33. The number of amides is 1. The molecule has 3 heterocycles. The molecule has 34 heavy (non-hydrogen) atoms. The second-order valence-corrected chi connectivity index (χ2v) is 9.37. The van der Waals surface area contributed by atoms with Gasteiger partial charge in [-0.25, -0.2) is 0 Å². The Labute approximate surface area is 201 Å². The van der Waals surface area contributed by atoms with E-state index in [1.807, 2.05) is 59.5 Å². The smallest absolute Gasteiger partial charge is 0.253 e. The lowest BCUT2D eigenvalue weighted by atomic mass is 9.87.